The molecule has 5 heteroatoms. The first-order chi connectivity index (χ1) is 4.35. The molecule has 0 unspecified atom stereocenters. The third-order valence-corrected chi connectivity index (χ3v) is 3.02. The number of thiol groups is 1. The fourth-order valence-electron chi connectivity index (χ4n) is 0.216. The number of hydrogen-bond donors (Lipinski definition) is 1. The van der Waals surface area contributed by atoms with E-state index in [1.807, 2.05) is 10.8 Å². The first kappa shape index (κ1) is 9.03. The Morgan fingerprint density at radius 2 is 1.78 bits per heavy atom. The fraction of sp³-hybridized carbons (Fsp3) is 0.500. The SMILES string of the molecule is N#CSC(CS)SC#N. The minimum atomic E-state index is -0.0108. The van der Waals surface area contributed by atoms with E-state index in [1.165, 1.54) is 0 Å². The van der Waals surface area contributed by atoms with Crippen LogP contribution in [0.25, 0.3) is 0 Å². The fourth-order valence-corrected chi connectivity index (χ4v) is 1.50. The molecule has 2 nitrogen and oxygen atoms in total. The highest BCUT2D eigenvalue weighted by Crippen LogP contribution is 2.22. The van der Waals surface area contributed by atoms with Crippen LogP contribution in [0.4, 0.5) is 0 Å². The van der Waals surface area contributed by atoms with Crippen LogP contribution in [0.5, 0.6) is 0 Å². The van der Waals surface area contributed by atoms with E-state index in [1.54, 1.807) is 0 Å². The number of rotatable bonds is 3. The molecule has 0 N–H and O–H groups in total. The number of thioether (sulfide) groups is 2. The van der Waals surface area contributed by atoms with E-state index in [0.717, 1.165) is 23.5 Å². The van der Waals surface area contributed by atoms with Crippen molar-refractivity contribution >= 4 is 36.2 Å². The van der Waals surface area contributed by atoms with Crippen LogP contribution in [0.2, 0.25) is 0 Å². The molecule has 0 saturated heterocycles. The third kappa shape index (κ3) is 4.53. The summed E-state index contributed by atoms with van der Waals surface area (Å²) in [6, 6.07) is 0. The van der Waals surface area contributed by atoms with E-state index < -0.39 is 0 Å². The molecule has 0 fully saturated rings. The van der Waals surface area contributed by atoms with Crippen molar-refractivity contribution in [1.82, 2.24) is 0 Å². The molecule has 0 aliphatic heterocycles. The number of hydrogen-bond acceptors (Lipinski definition) is 5. The van der Waals surface area contributed by atoms with Crippen LogP contribution in [-0.2, 0) is 0 Å². The van der Waals surface area contributed by atoms with Gasteiger partial charge in [0.2, 0.25) is 0 Å². The highest BCUT2D eigenvalue weighted by molar-refractivity contribution is 8.21. The van der Waals surface area contributed by atoms with Gasteiger partial charge in [0.1, 0.15) is 10.8 Å². The summed E-state index contributed by atoms with van der Waals surface area (Å²) in [4.78, 5) is 0. The number of nitriles is 2. The van der Waals surface area contributed by atoms with Gasteiger partial charge < -0.3 is 0 Å². The summed E-state index contributed by atoms with van der Waals surface area (Å²) in [5.74, 6) is 0.552. The average Bonchev–Trinajstić information content (AvgIpc) is 1.88. The zero-order valence-corrected chi connectivity index (χ0v) is 6.97. The molecule has 0 atom stereocenters. The summed E-state index contributed by atoms with van der Waals surface area (Å²) in [5, 5.41) is 20.1. The predicted molar refractivity (Wildman–Crippen MR) is 44.0 cm³/mol. The lowest BCUT2D eigenvalue weighted by molar-refractivity contribution is 1.46. The largest absolute Gasteiger partial charge is 0.185 e. The first-order valence-corrected chi connectivity index (χ1v) is 4.44. The van der Waals surface area contributed by atoms with Gasteiger partial charge in [-0.25, -0.2) is 0 Å². The lowest BCUT2D eigenvalue weighted by Gasteiger charge is -1.99. The second kappa shape index (κ2) is 6.15. The summed E-state index contributed by atoms with van der Waals surface area (Å²) < 4.78 is -0.0108. The zero-order chi connectivity index (χ0) is 7.11. The maximum Gasteiger partial charge on any atom is 0.134 e. The van der Waals surface area contributed by atoms with Crippen LogP contribution in [-0.4, -0.2) is 10.3 Å². The molecule has 0 aliphatic carbocycles. The van der Waals surface area contributed by atoms with Crippen molar-refractivity contribution in [3.05, 3.63) is 0 Å². The lowest BCUT2D eigenvalue weighted by atomic mass is 10.9. The van der Waals surface area contributed by atoms with Crippen molar-refractivity contribution in [3.63, 3.8) is 0 Å². The molecule has 48 valence electrons. The van der Waals surface area contributed by atoms with Crippen LogP contribution in [0.1, 0.15) is 0 Å². The molecule has 0 rings (SSSR count). The van der Waals surface area contributed by atoms with Gasteiger partial charge in [0.05, 0.1) is 4.58 Å². The summed E-state index contributed by atoms with van der Waals surface area (Å²) in [7, 11) is 0. The van der Waals surface area contributed by atoms with E-state index in [-0.39, 0.29) is 4.58 Å². The number of nitrogens with zero attached hydrogens (tertiary/aromatic N) is 2. The van der Waals surface area contributed by atoms with Gasteiger partial charge >= 0.3 is 0 Å². The van der Waals surface area contributed by atoms with Gasteiger partial charge in [0.15, 0.2) is 0 Å². The molecule has 0 saturated carbocycles. The first-order valence-electron chi connectivity index (χ1n) is 2.05. The molecule has 0 bridgehead atoms. The molecule has 0 aromatic rings. The van der Waals surface area contributed by atoms with E-state index in [4.69, 9.17) is 10.5 Å². The van der Waals surface area contributed by atoms with Crippen molar-refractivity contribution in [2.75, 3.05) is 5.75 Å². The molecule has 0 heterocycles. The van der Waals surface area contributed by atoms with Gasteiger partial charge in [-0.05, 0) is 23.5 Å². The Morgan fingerprint density at radius 1 is 1.33 bits per heavy atom. The maximum absolute atomic E-state index is 8.15. The Kier molecular flexibility index (Phi) is 6.18. The molecule has 0 amide bonds. The van der Waals surface area contributed by atoms with Crippen molar-refractivity contribution in [2.24, 2.45) is 0 Å². The average molecular weight is 176 g/mol. The van der Waals surface area contributed by atoms with E-state index in [9.17, 15) is 0 Å². The van der Waals surface area contributed by atoms with Crippen LogP contribution in [0, 0.1) is 21.3 Å². The third-order valence-electron chi connectivity index (χ3n) is 0.517. The standard InChI is InChI=1S/C4H4N2S3/c5-2-8-4(1-7)9-3-6/h4,7H,1H2. The summed E-state index contributed by atoms with van der Waals surface area (Å²) in [5.41, 5.74) is 0. The van der Waals surface area contributed by atoms with Gasteiger partial charge in [-0.3, -0.25) is 0 Å². The molecular weight excluding hydrogens is 172 g/mol. The summed E-state index contributed by atoms with van der Waals surface area (Å²) in [6.07, 6.45) is 0. The Morgan fingerprint density at radius 3 is 2.00 bits per heavy atom. The minimum absolute atomic E-state index is 0.0108. The van der Waals surface area contributed by atoms with Crippen LogP contribution < -0.4 is 0 Å². The highest BCUT2D eigenvalue weighted by atomic mass is 32.2. The van der Waals surface area contributed by atoms with Crippen molar-refractivity contribution in [2.45, 2.75) is 4.58 Å². The Labute approximate surface area is 68.0 Å². The molecule has 0 aliphatic rings. The molecule has 0 aromatic heterocycles. The number of thiocyanates is 2. The topological polar surface area (TPSA) is 47.6 Å². The quantitative estimate of drug-likeness (QED) is 0.404. The van der Waals surface area contributed by atoms with E-state index in [2.05, 4.69) is 12.6 Å². The molecular formula is C4H4N2S3. The Bertz CT molecular complexity index is 129. The molecule has 0 radical (unpaired) electrons. The van der Waals surface area contributed by atoms with E-state index in [0.29, 0.717) is 5.75 Å². The van der Waals surface area contributed by atoms with Gasteiger partial charge in [-0.15, -0.1) is 0 Å². The monoisotopic (exact) mass is 176 g/mol. The Balaban J connectivity index is 3.47. The van der Waals surface area contributed by atoms with Crippen LogP contribution in [0.15, 0.2) is 0 Å². The minimum Gasteiger partial charge on any atom is -0.185 e. The van der Waals surface area contributed by atoms with Gasteiger partial charge in [-0.2, -0.15) is 23.2 Å². The second-order valence-corrected chi connectivity index (χ2v) is 3.67. The second-order valence-electron chi connectivity index (χ2n) is 1.03. The zero-order valence-electron chi connectivity index (χ0n) is 4.44. The maximum atomic E-state index is 8.15. The van der Waals surface area contributed by atoms with Gasteiger partial charge in [0, 0.05) is 5.75 Å². The van der Waals surface area contributed by atoms with Crippen LogP contribution in [0.3, 0.4) is 0 Å². The van der Waals surface area contributed by atoms with Crippen molar-refractivity contribution < 1.29 is 0 Å². The smallest absolute Gasteiger partial charge is 0.134 e. The normalized spacial score (nSPS) is 8.44. The van der Waals surface area contributed by atoms with Gasteiger partial charge in [-0.1, -0.05) is 0 Å². The molecule has 0 spiro atoms. The predicted octanol–water partition coefficient (Wildman–Crippen LogP) is 1.67. The van der Waals surface area contributed by atoms with Crippen molar-refractivity contribution in [3.8, 4) is 10.8 Å². The van der Waals surface area contributed by atoms with Gasteiger partial charge in [0.25, 0.3) is 0 Å². The summed E-state index contributed by atoms with van der Waals surface area (Å²) in [6.45, 7) is 0. The highest BCUT2D eigenvalue weighted by Gasteiger charge is 2.05. The molecule has 9 heavy (non-hydrogen) atoms. The Hall–Kier alpha value is 0.0300. The molecule has 0 aromatic carbocycles. The van der Waals surface area contributed by atoms with Crippen LogP contribution >= 0.6 is 36.2 Å². The lowest BCUT2D eigenvalue weighted by Crippen LogP contribution is -1.94. The summed E-state index contributed by atoms with van der Waals surface area (Å²) >= 11 is 6.08. The van der Waals surface area contributed by atoms with E-state index >= 15 is 0 Å². The van der Waals surface area contributed by atoms with Crippen molar-refractivity contribution in [1.29, 1.82) is 10.5 Å².